The fraction of sp³-hybridized carbons (Fsp3) is 0.250. The van der Waals surface area contributed by atoms with Crippen molar-refractivity contribution in [3.05, 3.63) is 53.1 Å². The summed E-state index contributed by atoms with van der Waals surface area (Å²) in [7, 11) is 1.75. The van der Waals surface area contributed by atoms with E-state index in [1.807, 2.05) is 0 Å². The van der Waals surface area contributed by atoms with Crippen molar-refractivity contribution in [1.29, 1.82) is 0 Å². The van der Waals surface area contributed by atoms with E-state index < -0.39 is 11.9 Å². The SMILES string of the molecule is Cc1ccc(C(O)c2ccn(C)n2)c(F)c1. The van der Waals surface area contributed by atoms with Gasteiger partial charge >= 0.3 is 0 Å². The Hall–Kier alpha value is -1.68. The number of benzene rings is 1. The van der Waals surface area contributed by atoms with E-state index >= 15 is 0 Å². The van der Waals surface area contributed by atoms with E-state index in [0.29, 0.717) is 5.69 Å². The quantitative estimate of drug-likeness (QED) is 0.840. The summed E-state index contributed by atoms with van der Waals surface area (Å²) in [5.41, 5.74) is 1.53. The van der Waals surface area contributed by atoms with Crippen LogP contribution in [0.1, 0.15) is 22.9 Å². The van der Waals surface area contributed by atoms with Crippen LogP contribution in [0.2, 0.25) is 0 Å². The van der Waals surface area contributed by atoms with Gasteiger partial charge in [-0.25, -0.2) is 4.39 Å². The molecule has 1 aromatic heterocycles. The van der Waals surface area contributed by atoms with E-state index in [0.717, 1.165) is 5.56 Å². The zero-order valence-corrected chi connectivity index (χ0v) is 9.18. The minimum atomic E-state index is -1.01. The summed E-state index contributed by atoms with van der Waals surface area (Å²) in [5, 5.41) is 14.0. The van der Waals surface area contributed by atoms with Crippen LogP contribution in [0.25, 0.3) is 0 Å². The molecular formula is C12H13FN2O. The van der Waals surface area contributed by atoms with E-state index in [1.54, 1.807) is 43.0 Å². The first-order valence-corrected chi connectivity index (χ1v) is 5.01. The molecule has 3 nitrogen and oxygen atoms in total. The number of aliphatic hydroxyl groups is 1. The van der Waals surface area contributed by atoms with Crippen LogP contribution in [0, 0.1) is 12.7 Å². The molecule has 0 radical (unpaired) electrons. The second-order valence-electron chi connectivity index (χ2n) is 3.84. The molecule has 1 unspecified atom stereocenters. The van der Waals surface area contributed by atoms with Gasteiger partial charge in [-0.2, -0.15) is 5.10 Å². The number of hydrogen-bond donors (Lipinski definition) is 1. The van der Waals surface area contributed by atoms with Gasteiger partial charge in [-0.15, -0.1) is 0 Å². The van der Waals surface area contributed by atoms with Gasteiger partial charge in [-0.05, 0) is 24.6 Å². The van der Waals surface area contributed by atoms with Crippen LogP contribution in [-0.4, -0.2) is 14.9 Å². The predicted molar refractivity (Wildman–Crippen MR) is 58.4 cm³/mol. The van der Waals surface area contributed by atoms with Gasteiger partial charge in [0.25, 0.3) is 0 Å². The number of halogens is 1. The lowest BCUT2D eigenvalue weighted by atomic mass is 10.0. The van der Waals surface area contributed by atoms with Crippen LogP contribution in [-0.2, 0) is 7.05 Å². The van der Waals surface area contributed by atoms with Crippen LogP contribution in [0.4, 0.5) is 4.39 Å². The highest BCUT2D eigenvalue weighted by Gasteiger charge is 2.16. The topological polar surface area (TPSA) is 38.0 Å². The Morgan fingerprint density at radius 2 is 2.12 bits per heavy atom. The van der Waals surface area contributed by atoms with Crippen molar-refractivity contribution >= 4 is 0 Å². The molecule has 0 saturated carbocycles. The molecule has 0 amide bonds. The van der Waals surface area contributed by atoms with Gasteiger partial charge < -0.3 is 5.11 Å². The molecule has 0 spiro atoms. The van der Waals surface area contributed by atoms with Crippen molar-refractivity contribution < 1.29 is 9.50 Å². The van der Waals surface area contributed by atoms with Gasteiger partial charge in [0.2, 0.25) is 0 Å². The van der Waals surface area contributed by atoms with E-state index in [-0.39, 0.29) is 5.56 Å². The number of hydrogen-bond acceptors (Lipinski definition) is 2. The second-order valence-corrected chi connectivity index (χ2v) is 3.84. The summed E-state index contributed by atoms with van der Waals surface area (Å²) in [4.78, 5) is 0. The number of aliphatic hydroxyl groups excluding tert-OH is 1. The Morgan fingerprint density at radius 1 is 1.38 bits per heavy atom. The molecule has 4 heteroatoms. The third-order valence-electron chi connectivity index (χ3n) is 2.46. The third kappa shape index (κ3) is 1.97. The monoisotopic (exact) mass is 220 g/mol. The van der Waals surface area contributed by atoms with Crippen molar-refractivity contribution in [2.75, 3.05) is 0 Å². The van der Waals surface area contributed by atoms with Crippen molar-refractivity contribution in [3.63, 3.8) is 0 Å². The lowest BCUT2D eigenvalue weighted by Gasteiger charge is -2.09. The van der Waals surface area contributed by atoms with Gasteiger partial charge in [0.15, 0.2) is 0 Å². The molecule has 0 fully saturated rings. The molecule has 0 aliphatic heterocycles. The van der Waals surface area contributed by atoms with Gasteiger partial charge in [0, 0.05) is 18.8 Å². The Balaban J connectivity index is 2.37. The maximum absolute atomic E-state index is 13.6. The maximum Gasteiger partial charge on any atom is 0.129 e. The standard InChI is InChI=1S/C12H13FN2O/c1-8-3-4-9(10(13)7-8)12(16)11-5-6-15(2)14-11/h3-7,12,16H,1-2H3. The molecule has 1 atom stereocenters. The van der Waals surface area contributed by atoms with Crippen LogP contribution in [0.3, 0.4) is 0 Å². The molecule has 2 aromatic rings. The molecule has 0 bridgehead atoms. The average molecular weight is 220 g/mol. The lowest BCUT2D eigenvalue weighted by molar-refractivity contribution is 0.209. The molecule has 2 rings (SSSR count). The molecule has 0 aliphatic rings. The summed E-state index contributed by atoms with van der Waals surface area (Å²) in [6, 6.07) is 6.43. The number of nitrogens with zero attached hydrogens (tertiary/aromatic N) is 2. The van der Waals surface area contributed by atoms with Gasteiger partial charge in [-0.3, -0.25) is 4.68 Å². The second kappa shape index (κ2) is 4.06. The number of aromatic nitrogens is 2. The molecule has 1 heterocycles. The lowest BCUT2D eigenvalue weighted by Crippen LogP contribution is -2.04. The molecule has 1 N–H and O–H groups in total. The van der Waals surface area contributed by atoms with Gasteiger partial charge in [0.1, 0.15) is 11.9 Å². The summed E-state index contributed by atoms with van der Waals surface area (Å²) in [6.45, 7) is 1.81. The normalized spacial score (nSPS) is 12.8. The highest BCUT2D eigenvalue weighted by molar-refractivity contribution is 5.29. The summed E-state index contributed by atoms with van der Waals surface area (Å²) in [6.07, 6.45) is 0.701. The van der Waals surface area contributed by atoms with E-state index in [9.17, 15) is 9.50 Å². The van der Waals surface area contributed by atoms with Gasteiger partial charge in [0.05, 0.1) is 5.69 Å². The minimum absolute atomic E-state index is 0.254. The van der Waals surface area contributed by atoms with Crippen LogP contribution >= 0.6 is 0 Å². The minimum Gasteiger partial charge on any atom is -0.382 e. The van der Waals surface area contributed by atoms with Crippen molar-refractivity contribution in [2.45, 2.75) is 13.0 Å². The molecule has 1 aromatic carbocycles. The van der Waals surface area contributed by atoms with Crippen molar-refractivity contribution in [2.24, 2.45) is 7.05 Å². The highest BCUT2D eigenvalue weighted by Crippen LogP contribution is 2.23. The van der Waals surface area contributed by atoms with Crippen molar-refractivity contribution in [3.8, 4) is 0 Å². The zero-order valence-electron chi connectivity index (χ0n) is 9.18. The van der Waals surface area contributed by atoms with E-state index in [2.05, 4.69) is 5.10 Å². The Morgan fingerprint density at radius 3 is 2.69 bits per heavy atom. The van der Waals surface area contributed by atoms with Crippen molar-refractivity contribution in [1.82, 2.24) is 9.78 Å². The fourth-order valence-corrected chi connectivity index (χ4v) is 1.59. The predicted octanol–water partition coefficient (Wildman–Crippen LogP) is 1.95. The largest absolute Gasteiger partial charge is 0.382 e. The maximum atomic E-state index is 13.6. The van der Waals surface area contributed by atoms with E-state index in [1.165, 1.54) is 6.07 Å². The van der Waals surface area contributed by atoms with Gasteiger partial charge in [-0.1, -0.05) is 12.1 Å². The summed E-state index contributed by atoms with van der Waals surface area (Å²) in [5.74, 6) is -0.404. The van der Waals surface area contributed by atoms with E-state index in [4.69, 9.17) is 0 Å². The molecular weight excluding hydrogens is 207 g/mol. The molecule has 16 heavy (non-hydrogen) atoms. The Labute approximate surface area is 93.2 Å². The van der Waals surface area contributed by atoms with Crippen LogP contribution < -0.4 is 0 Å². The summed E-state index contributed by atoms with van der Waals surface area (Å²) >= 11 is 0. The Kier molecular flexibility index (Phi) is 2.75. The Bertz CT molecular complexity index is 507. The first-order chi connectivity index (χ1) is 7.58. The molecule has 0 aliphatic carbocycles. The number of aryl methyl sites for hydroxylation is 2. The van der Waals surface area contributed by atoms with Crippen LogP contribution in [0.15, 0.2) is 30.5 Å². The average Bonchev–Trinajstić information content (AvgIpc) is 2.64. The molecule has 0 saturated heterocycles. The smallest absolute Gasteiger partial charge is 0.129 e. The molecule has 84 valence electrons. The summed E-state index contributed by atoms with van der Waals surface area (Å²) < 4.78 is 15.2. The highest BCUT2D eigenvalue weighted by atomic mass is 19.1. The van der Waals surface area contributed by atoms with Crippen LogP contribution in [0.5, 0.6) is 0 Å². The third-order valence-corrected chi connectivity index (χ3v) is 2.46. The first-order valence-electron chi connectivity index (χ1n) is 5.01. The first kappa shape index (κ1) is 10.8. The fourth-order valence-electron chi connectivity index (χ4n) is 1.59. The zero-order chi connectivity index (χ0) is 11.7. The number of rotatable bonds is 2.